The van der Waals surface area contributed by atoms with Crippen LogP contribution >= 0.6 is 0 Å². The van der Waals surface area contributed by atoms with Crippen LogP contribution in [0.3, 0.4) is 0 Å². The van der Waals surface area contributed by atoms with Crippen LogP contribution in [-0.4, -0.2) is 41.5 Å². The van der Waals surface area contributed by atoms with Gasteiger partial charge in [0.25, 0.3) is 5.91 Å². The van der Waals surface area contributed by atoms with E-state index in [0.717, 1.165) is 12.1 Å². The summed E-state index contributed by atoms with van der Waals surface area (Å²) in [5.74, 6) is -2.30. The van der Waals surface area contributed by atoms with Crippen molar-refractivity contribution in [3.8, 4) is 11.1 Å². The van der Waals surface area contributed by atoms with Gasteiger partial charge in [0.2, 0.25) is 0 Å². The van der Waals surface area contributed by atoms with Gasteiger partial charge in [-0.1, -0.05) is 0 Å². The van der Waals surface area contributed by atoms with Gasteiger partial charge in [0.1, 0.15) is 11.6 Å². The molecule has 1 atom stereocenters. The van der Waals surface area contributed by atoms with Crippen LogP contribution in [0.1, 0.15) is 30.1 Å². The zero-order chi connectivity index (χ0) is 19.4. The second-order valence-electron chi connectivity index (χ2n) is 6.43. The number of nitrogens with zero attached hydrogens (tertiary/aromatic N) is 2. The summed E-state index contributed by atoms with van der Waals surface area (Å²) >= 11 is 0. The molecule has 0 aliphatic carbocycles. The van der Waals surface area contributed by atoms with Gasteiger partial charge in [0, 0.05) is 42.7 Å². The summed E-state index contributed by atoms with van der Waals surface area (Å²) in [7, 11) is 0. The van der Waals surface area contributed by atoms with Crippen molar-refractivity contribution < 1.29 is 23.1 Å². The summed E-state index contributed by atoms with van der Waals surface area (Å²) in [5.41, 5.74) is 0.847. The van der Waals surface area contributed by atoms with E-state index in [0.29, 0.717) is 37.1 Å². The number of hydrogen-bond donors (Lipinski definition) is 0. The molecule has 1 saturated heterocycles. The van der Waals surface area contributed by atoms with Crippen molar-refractivity contribution in [2.75, 3.05) is 19.7 Å². The van der Waals surface area contributed by atoms with Crippen LogP contribution in [0.2, 0.25) is 0 Å². The molecule has 7 heteroatoms. The van der Waals surface area contributed by atoms with E-state index >= 15 is 0 Å². The molecule has 142 valence electrons. The fraction of sp³-hybridized carbons (Fsp3) is 0.350. The number of esters is 1. The first-order valence-electron chi connectivity index (χ1n) is 8.86. The summed E-state index contributed by atoms with van der Waals surface area (Å²) in [6, 6.07) is 4.78. The standard InChI is InChI=1S/C20H20F2N2O3/c1-2-27-20(26)13-4-3-7-24(12-13)19(25)15-8-14(10-23-11-15)17-6-5-16(21)9-18(17)22/h5-6,8-11,13H,2-4,7,12H2,1H3. The van der Waals surface area contributed by atoms with Crippen molar-refractivity contribution in [1.82, 2.24) is 9.88 Å². The predicted octanol–water partition coefficient (Wildman–Crippen LogP) is 3.44. The molecule has 1 aromatic carbocycles. The maximum absolute atomic E-state index is 14.0. The van der Waals surface area contributed by atoms with Crippen molar-refractivity contribution in [3.63, 3.8) is 0 Å². The third-order valence-corrected chi connectivity index (χ3v) is 4.56. The van der Waals surface area contributed by atoms with Crippen molar-refractivity contribution in [3.05, 3.63) is 53.9 Å². The average molecular weight is 374 g/mol. The Kier molecular flexibility index (Phi) is 5.78. The van der Waals surface area contributed by atoms with Crippen LogP contribution in [0.15, 0.2) is 36.7 Å². The number of carbonyl (C=O) groups is 2. The Morgan fingerprint density at radius 2 is 2.07 bits per heavy atom. The lowest BCUT2D eigenvalue weighted by Crippen LogP contribution is -2.42. The van der Waals surface area contributed by atoms with Crippen LogP contribution in [0.5, 0.6) is 0 Å². The highest BCUT2D eigenvalue weighted by atomic mass is 19.1. The maximum Gasteiger partial charge on any atom is 0.310 e. The first-order valence-corrected chi connectivity index (χ1v) is 8.86. The number of benzene rings is 1. The van der Waals surface area contributed by atoms with E-state index in [1.165, 1.54) is 24.5 Å². The van der Waals surface area contributed by atoms with E-state index in [-0.39, 0.29) is 29.9 Å². The number of aromatic nitrogens is 1. The summed E-state index contributed by atoms with van der Waals surface area (Å²) < 4.78 is 32.2. The van der Waals surface area contributed by atoms with Gasteiger partial charge in [0.05, 0.1) is 18.1 Å². The molecular formula is C20H20F2N2O3. The number of ether oxygens (including phenoxy) is 1. The van der Waals surface area contributed by atoms with Gasteiger partial charge in [-0.05, 0) is 38.0 Å². The topological polar surface area (TPSA) is 59.5 Å². The largest absolute Gasteiger partial charge is 0.466 e. The Balaban J connectivity index is 1.80. The van der Waals surface area contributed by atoms with Gasteiger partial charge < -0.3 is 9.64 Å². The molecule has 0 N–H and O–H groups in total. The zero-order valence-electron chi connectivity index (χ0n) is 15.0. The van der Waals surface area contributed by atoms with Crippen LogP contribution in [0.4, 0.5) is 8.78 Å². The number of piperidine rings is 1. The fourth-order valence-corrected chi connectivity index (χ4v) is 3.22. The first kappa shape index (κ1) is 18.9. The lowest BCUT2D eigenvalue weighted by atomic mass is 9.97. The average Bonchev–Trinajstić information content (AvgIpc) is 2.68. The highest BCUT2D eigenvalue weighted by Crippen LogP contribution is 2.25. The highest BCUT2D eigenvalue weighted by molar-refractivity contribution is 5.95. The van der Waals surface area contributed by atoms with Gasteiger partial charge in [-0.25, -0.2) is 8.78 Å². The lowest BCUT2D eigenvalue weighted by Gasteiger charge is -2.31. The Morgan fingerprint density at radius 1 is 1.26 bits per heavy atom. The molecule has 27 heavy (non-hydrogen) atoms. The summed E-state index contributed by atoms with van der Waals surface area (Å²) in [4.78, 5) is 30.4. The van der Waals surface area contributed by atoms with Crippen molar-refractivity contribution in [2.45, 2.75) is 19.8 Å². The molecule has 3 rings (SSSR count). The number of carbonyl (C=O) groups excluding carboxylic acids is 2. The number of halogens is 2. The molecule has 0 spiro atoms. The maximum atomic E-state index is 14.0. The minimum absolute atomic E-state index is 0.168. The van der Waals surface area contributed by atoms with Crippen LogP contribution < -0.4 is 0 Å². The van der Waals surface area contributed by atoms with E-state index < -0.39 is 11.6 Å². The molecule has 1 fully saturated rings. The van der Waals surface area contributed by atoms with Gasteiger partial charge in [-0.2, -0.15) is 0 Å². The van der Waals surface area contributed by atoms with Crippen molar-refractivity contribution in [1.29, 1.82) is 0 Å². The molecule has 0 radical (unpaired) electrons. The molecule has 1 aliphatic heterocycles. The monoisotopic (exact) mass is 374 g/mol. The minimum atomic E-state index is -0.721. The summed E-state index contributed by atoms with van der Waals surface area (Å²) in [6.45, 7) is 2.87. The molecule has 2 aromatic rings. The zero-order valence-corrected chi connectivity index (χ0v) is 15.0. The van der Waals surface area contributed by atoms with Gasteiger partial charge >= 0.3 is 5.97 Å². The van der Waals surface area contributed by atoms with E-state index in [9.17, 15) is 18.4 Å². The number of hydrogen-bond acceptors (Lipinski definition) is 4. The van der Waals surface area contributed by atoms with Crippen LogP contribution in [0, 0.1) is 17.6 Å². The molecule has 2 heterocycles. The fourth-order valence-electron chi connectivity index (χ4n) is 3.22. The van der Waals surface area contributed by atoms with Crippen molar-refractivity contribution in [2.24, 2.45) is 5.92 Å². The SMILES string of the molecule is CCOC(=O)C1CCCN(C(=O)c2cncc(-c3ccc(F)cc3F)c2)C1. The Labute approximate surface area is 156 Å². The highest BCUT2D eigenvalue weighted by Gasteiger charge is 2.30. The quantitative estimate of drug-likeness (QED) is 0.770. The predicted molar refractivity (Wildman–Crippen MR) is 94.8 cm³/mol. The number of pyridine rings is 1. The van der Waals surface area contributed by atoms with Crippen molar-refractivity contribution >= 4 is 11.9 Å². The van der Waals surface area contributed by atoms with E-state index in [1.54, 1.807) is 11.8 Å². The van der Waals surface area contributed by atoms with Gasteiger partial charge in [0.15, 0.2) is 0 Å². The third-order valence-electron chi connectivity index (χ3n) is 4.56. The molecular weight excluding hydrogens is 354 g/mol. The third kappa shape index (κ3) is 4.30. The second-order valence-corrected chi connectivity index (χ2v) is 6.43. The molecule has 1 unspecified atom stereocenters. The van der Waals surface area contributed by atoms with Crippen LogP contribution in [0.25, 0.3) is 11.1 Å². The molecule has 1 amide bonds. The second kappa shape index (κ2) is 8.24. The number of likely N-dealkylation sites (tertiary alicyclic amines) is 1. The molecule has 1 aromatic heterocycles. The Morgan fingerprint density at radius 3 is 2.81 bits per heavy atom. The van der Waals surface area contributed by atoms with Gasteiger partial charge in [-0.3, -0.25) is 14.6 Å². The smallest absolute Gasteiger partial charge is 0.310 e. The first-order chi connectivity index (χ1) is 13.0. The number of rotatable bonds is 4. The molecule has 5 nitrogen and oxygen atoms in total. The number of amides is 1. The minimum Gasteiger partial charge on any atom is -0.466 e. The van der Waals surface area contributed by atoms with Crippen LogP contribution in [-0.2, 0) is 9.53 Å². The lowest BCUT2D eigenvalue weighted by molar-refractivity contribution is -0.149. The van der Waals surface area contributed by atoms with E-state index in [4.69, 9.17) is 4.74 Å². The molecule has 0 bridgehead atoms. The normalized spacial score (nSPS) is 16.9. The Bertz CT molecular complexity index is 857. The molecule has 1 aliphatic rings. The Hall–Kier alpha value is -2.83. The van der Waals surface area contributed by atoms with E-state index in [2.05, 4.69) is 4.98 Å². The molecule has 0 saturated carbocycles. The summed E-state index contributed by atoms with van der Waals surface area (Å²) in [5, 5.41) is 0. The summed E-state index contributed by atoms with van der Waals surface area (Å²) in [6.07, 6.45) is 4.21. The van der Waals surface area contributed by atoms with E-state index in [1.807, 2.05) is 0 Å². The van der Waals surface area contributed by atoms with Gasteiger partial charge in [-0.15, -0.1) is 0 Å².